The van der Waals surface area contributed by atoms with E-state index < -0.39 is 6.03 Å². The molecule has 2 aromatic rings. The van der Waals surface area contributed by atoms with E-state index in [9.17, 15) is 9.59 Å². The van der Waals surface area contributed by atoms with Crippen molar-refractivity contribution in [2.24, 2.45) is 11.8 Å². The lowest BCUT2D eigenvalue weighted by Crippen LogP contribution is -2.40. The Morgan fingerprint density at radius 1 is 0.853 bits per heavy atom. The number of likely N-dealkylation sites (tertiary alicyclic amines) is 1. The summed E-state index contributed by atoms with van der Waals surface area (Å²) in [6, 6.07) is 10.2. The molecule has 6 nitrogen and oxygen atoms in total. The number of urea groups is 1. The van der Waals surface area contributed by atoms with Gasteiger partial charge in [0, 0.05) is 37.6 Å². The van der Waals surface area contributed by atoms with Gasteiger partial charge in [-0.25, -0.2) is 4.79 Å². The van der Waals surface area contributed by atoms with Gasteiger partial charge >= 0.3 is 6.03 Å². The second-order valence-electron chi connectivity index (χ2n) is 9.55. The molecular formula is C26H32Cl2N4O2. The molecule has 2 N–H and O–H groups in total. The summed E-state index contributed by atoms with van der Waals surface area (Å²) in [7, 11) is 0. The molecule has 0 bridgehead atoms. The van der Waals surface area contributed by atoms with Crippen molar-refractivity contribution in [1.82, 2.24) is 4.90 Å². The lowest BCUT2D eigenvalue weighted by Gasteiger charge is -2.35. The minimum Gasteiger partial charge on any atom is -0.371 e. The molecule has 4 rings (SSSR count). The molecular weight excluding hydrogens is 471 g/mol. The van der Waals surface area contributed by atoms with Crippen LogP contribution in [0.3, 0.4) is 0 Å². The SMILES string of the molecule is CC1CCN(C(=O)c2cc(NC(=O)Nc3c(Cl)cccc3Cl)ccc2N2CCC(C)CC2)CC1. The van der Waals surface area contributed by atoms with Gasteiger partial charge in [-0.15, -0.1) is 0 Å². The van der Waals surface area contributed by atoms with Crippen molar-refractivity contribution in [2.45, 2.75) is 39.5 Å². The highest BCUT2D eigenvalue weighted by atomic mass is 35.5. The van der Waals surface area contributed by atoms with Gasteiger partial charge in [-0.1, -0.05) is 43.1 Å². The lowest BCUT2D eigenvalue weighted by molar-refractivity contribution is 0.0697. The molecule has 2 fully saturated rings. The van der Waals surface area contributed by atoms with Gasteiger partial charge in [0.25, 0.3) is 5.91 Å². The highest BCUT2D eigenvalue weighted by Gasteiger charge is 2.27. The van der Waals surface area contributed by atoms with Gasteiger partial charge < -0.3 is 20.4 Å². The number of para-hydroxylation sites is 1. The number of carbonyl (C=O) groups excluding carboxylic acids is 2. The van der Waals surface area contributed by atoms with Crippen molar-refractivity contribution in [1.29, 1.82) is 0 Å². The third kappa shape index (κ3) is 5.78. The minimum atomic E-state index is -0.472. The van der Waals surface area contributed by atoms with E-state index in [4.69, 9.17) is 23.2 Å². The van der Waals surface area contributed by atoms with Gasteiger partial charge in [-0.2, -0.15) is 0 Å². The number of amides is 3. The number of piperidine rings is 2. The Labute approximate surface area is 211 Å². The van der Waals surface area contributed by atoms with Gasteiger partial charge in [0.1, 0.15) is 0 Å². The summed E-state index contributed by atoms with van der Waals surface area (Å²) in [5.41, 5.74) is 2.47. The van der Waals surface area contributed by atoms with Gasteiger partial charge in [0.2, 0.25) is 0 Å². The molecule has 0 unspecified atom stereocenters. The molecule has 182 valence electrons. The first-order valence-corrected chi connectivity index (χ1v) is 12.8. The molecule has 0 atom stereocenters. The molecule has 0 spiro atoms. The standard InChI is InChI=1S/C26H32Cl2N4O2/c1-17-8-12-31(13-9-17)23-7-6-19(16-20(23)25(33)32-14-10-18(2)11-15-32)29-26(34)30-24-21(27)4-3-5-22(24)28/h3-7,16-18H,8-15H2,1-2H3,(H2,29,30,34). The number of benzene rings is 2. The second kappa shape index (κ2) is 10.9. The predicted octanol–water partition coefficient (Wildman–Crippen LogP) is 6.75. The van der Waals surface area contributed by atoms with E-state index in [1.54, 1.807) is 24.3 Å². The Bertz CT molecular complexity index is 1020. The Balaban J connectivity index is 1.57. The smallest absolute Gasteiger partial charge is 0.323 e. The number of anilines is 3. The van der Waals surface area contributed by atoms with Crippen LogP contribution in [0.25, 0.3) is 0 Å². The van der Waals surface area contributed by atoms with E-state index in [0.29, 0.717) is 38.8 Å². The molecule has 8 heteroatoms. The molecule has 2 aliphatic heterocycles. The fourth-order valence-corrected chi connectivity index (χ4v) is 5.08. The highest BCUT2D eigenvalue weighted by molar-refractivity contribution is 6.39. The normalized spacial score (nSPS) is 17.5. The van der Waals surface area contributed by atoms with Crippen LogP contribution in [-0.2, 0) is 0 Å². The van der Waals surface area contributed by atoms with E-state index in [1.807, 2.05) is 17.0 Å². The van der Waals surface area contributed by atoms with Crippen molar-refractivity contribution in [2.75, 3.05) is 41.7 Å². The van der Waals surface area contributed by atoms with Crippen LogP contribution in [0.5, 0.6) is 0 Å². The third-order valence-electron chi connectivity index (χ3n) is 6.88. The summed E-state index contributed by atoms with van der Waals surface area (Å²) in [5.74, 6) is 1.36. The molecule has 2 aromatic carbocycles. The molecule has 2 heterocycles. The van der Waals surface area contributed by atoms with Gasteiger partial charge in [-0.05, 0) is 67.9 Å². The third-order valence-corrected chi connectivity index (χ3v) is 7.51. The summed E-state index contributed by atoms with van der Waals surface area (Å²) in [6.45, 7) is 7.89. The van der Waals surface area contributed by atoms with Crippen molar-refractivity contribution in [3.05, 3.63) is 52.0 Å². The largest absolute Gasteiger partial charge is 0.371 e. The molecule has 0 radical (unpaired) electrons. The van der Waals surface area contributed by atoms with Gasteiger partial charge in [-0.3, -0.25) is 4.79 Å². The Morgan fingerprint density at radius 2 is 1.44 bits per heavy atom. The van der Waals surface area contributed by atoms with E-state index in [-0.39, 0.29) is 5.91 Å². The van der Waals surface area contributed by atoms with E-state index in [2.05, 4.69) is 29.4 Å². The van der Waals surface area contributed by atoms with Crippen molar-refractivity contribution >= 4 is 52.2 Å². The number of halogens is 2. The highest BCUT2D eigenvalue weighted by Crippen LogP contribution is 2.32. The summed E-state index contributed by atoms with van der Waals surface area (Å²) >= 11 is 12.3. The van der Waals surface area contributed by atoms with E-state index in [1.165, 1.54) is 0 Å². The fraction of sp³-hybridized carbons (Fsp3) is 0.462. The fourth-order valence-electron chi connectivity index (χ4n) is 4.59. The summed E-state index contributed by atoms with van der Waals surface area (Å²) in [4.78, 5) is 30.5. The zero-order valence-corrected chi connectivity index (χ0v) is 21.3. The monoisotopic (exact) mass is 502 g/mol. The van der Waals surface area contributed by atoms with Crippen molar-refractivity contribution in [3.8, 4) is 0 Å². The topological polar surface area (TPSA) is 64.7 Å². The quantitative estimate of drug-likeness (QED) is 0.485. The number of hydrogen-bond acceptors (Lipinski definition) is 3. The molecule has 2 saturated heterocycles. The summed E-state index contributed by atoms with van der Waals surface area (Å²) in [5, 5.41) is 6.25. The van der Waals surface area contributed by atoms with Crippen LogP contribution in [-0.4, -0.2) is 43.0 Å². The van der Waals surface area contributed by atoms with Gasteiger partial charge in [0.15, 0.2) is 0 Å². The average Bonchev–Trinajstić information content (AvgIpc) is 2.82. The number of nitrogens with zero attached hydrogens (tertiary/aromatic N) is 2. The summed E-state index contributed by atoms with van der Waals surface area (Å²) in [6.07, 6.45) is 4.24. The van der Waals surface area contributed by atoms with Gasteiger partial charge in [0.05, 0.1) is 21.3 Å². The molecule has 2 aliphatic rings. The average molecular weight is 503 g/mol. The number of hydrogen-bond donors (Lipinski definition) is 2. The first-order chi connectivity index (χ1) is 16.3. The number of rotatable bonds is 4. The Morgan fingerprint density at radius 3 is 2.06 bits per heavy atom. The molecule has 3 amide bonds. The predicted molar refractivity (Wildman–Crippen MR) is 140 cm³/mol. The number of nitrogens with one attached hydrogen (secondary N) is 2. The van der Waals surface area contributed by atoms with Crippen LogP contribution in [0.1, 0.15) is 49.9 Å². The molecule has 0 aliphatic carbocycles. The Hall–Kier alpha value is -2.44. The van der Waals surface area contributed by atoms with Crippen LogP contribution in [0, 0.1) is 11.8 Å². The van der Waals surface area contributed by atoms with E-state index >= 15 is 0 Å². The Kier molecular flexibility index (Phi) is 7.89. The minimum absolute atomic E-state index is 0.0266. The number of carbonyl (C=O) groups is 2. The van der Waals surface area contributed by atoms with Crippen LogP contribution in [0.4, 0.5) is 21.9 Å². The van der Waals surface area contributed by atoms with Crippen LogP contribution >= 0.6 is 23.2 Å². The maximum Gasteiger partial charge on any atom is 0.323 e. The molecule has 34 heavy (non-hydrogen) atoms. The second-order valence-corrected chi connectivity index (χ2v) is 10.4. The summed E-state index contributed by atoms with van der Waals surface area (Å²) < 4.78 is 0. The van der Waals surface area contributed by atoms with Crippen molar-refractivity contribution < 1.29 is 9.59 Å². The maximum absolute atomic E-state index is 13.6. The van der Waals surface area contributed by atoms with Crippen LogP contribution in [0.2, 0.25) is 10.0 Å². The maximum atomic E-state index is 13.6. The van der Waals surface area contributed by atoms with Crippen LogP contribution in [0.15, 0.2) is 36.4 Å². The van der Waals surface area contributed by atoms with E-state index in [0.717, 1.165) is 57.5 Å². The zero-order chi connectivity index (χ0) is 24.2. The first kappa shape index (κ1) is 24.7. The zero-order valence-electron chi connectivity index (χ0n) is 19.7. The van der Waals surface area contributed by atoms with Crippen molar-refractivity contribution in [3.63, 3.8) is 0 Å². The first-order valence-electron chi connectivity index (χ1n) is 12.0. The van der Waals surface area contributed by atoms with Crippen LogP contribution < -0.4 is 15.5 Å². The molecule has 0 aromatic heterocycles. The molecule has 0 saturated carbocycles. The lowest BCUT2D eigenvalue weighted by atomic mass is 9.96.